The molecule has 0 saturated carbocycles. The van der Waals surface area contributed by atoms with E-state index in [1.54, 1.807) is 6.07 Å². The number of anilines is 1. The van der Waals surface area contributed by atoms with E-state index in [2.05, 4.69) is 29.5 Å². The van der Waals surface area contributed by atoms with Crippen LogP contribution in [-0.2, 0) is 17.8 Å². The summed E-state index contributed by atoms with van der Waals surface area (Å²) in [5.74, 6) is -0.455. The molecule has 0 bridgehead atoms. The maximum atomic E-state index is 13.7. The van der Waals surface area contributed by atoms with Crippen molar-refractivity contribution in [2.75, 3.05) is 18.4 Å². The molecule has 1 atom stereocenters. The van der Waals surface area contributed by atoms with Gasteiger partial charge in [-0.05, 0) is 37.5 Å². The molecule has 0 radical (unpaired) electrons. The van der Waals surface area contributed by atoms with Gasteiger partial charge in [-0.1, -0.05) is 6.92 Å². The van der Waals surface area contributed by atoms with E-state index < -0.39 is 6.09 Å². The second kappa shape index (κ2) is 9.51. The van der Waals surface area contributed by atoms with Crippen LogP contribution in [0.25, 0.3) is 20.8 Å². The van der Waals surface area contributed by atoms with Crippen LogP contribution >= 0.6 is 22.7 Å². The van der Waals surface area contributed by atoms with Gasteiger partial charge in [0.25, 0.3) is 0 Å². The molecule has 10 heteroatoms. The zero-order valence-corrected chi connectivity index (χ0v) is 19.5. The van der Waals surface area contributed by atoms with Gasteiger partial charge in [-0.2, -0.15) is 0 Å². The molecule has 1 aliphatic heterocycles. The first kappa shape index (κ1) is 22.6. The number of carbonyl (C=O) groups is 2. The van der Waals surface area contributed by atoms with E-state index >= 15 is 0 Å². The minimum absolute atomic E-state index is 0.108. The van der Waals surface area contributed by atoms with Crippen LogP contribution in [0.4, 0.5) is 14.2 Å². The Morgan fingerprint density at radius 3 is 2.91 bits per heavy atom. The first-order chi connectivity index (χ1) is 15.4. The average Bonchev–Trinajstić information content (AvgIpc) is 3.32. The molecule has 3 aromatic rings. The Hall–Kier alpha value is -2.56. The summed E-state index contributed by atoms with van der Waals surface area (Å²) in [6.07, 6.45) is 0.909. The monoisotopic (exact) mass is 476 g/mol. The first-order valence-corrected chi connectivity index (χ1v) is 12.2. The van der Waals surface area contributed by atoms with Crippen molar-refractivity contribution in [1.29, 1.82) is 0 Å². The summed E-state index contributed by atoms with van der Waals surface area (Å²) in [6.45, 7) is 5.41. The molecule has 0 spiro atoms. The molecule has 3 heterocycles. The Labute approximate surface area is 193 Å². The molecule has 2 amide bonds. The number of hydrogen-bond acceptors (Lipinski definition) is 6. The molecule has 7 nitrogen and oxygen atoms in total. The molecule has 4 rings (SSSR count). The van der Waals surface area contributed by atoms with Crippen LogP contribution in [0.5, 0.6) is 0 Å². The lowest BCUT2D eigenvalue weighted by molar-refractivity contribution is -0.116. The summed E-state index contributed by atoms with van der Waals surface area (Å²) < 4.78 is 14.5. The third-order valence-corrected chi connectivity index (χ3v) is 7.79. The fourth-order valence-corrected chi connectivity index (χ4v) is 6.02. The lowest BCUT2D eigenvalue weighted by Gasteiger charge is -2.24. The Balaban J connectivity index is 1.65. The number of aromatic nitrogens is 1. The number of benzene rings is 1. The predicted octanol–water partition coefficient (Wildman–Crippen LogP) is 4.92. The fourth-order valence-electron chi connectivity index (χ4n) is 3.65. The normalized spacial score (nSPS) is 14.4. The van der Waals surface area contributed by atoms with Gasteiger partial charge in [-0.15, -0.1) is 22.7 Å². The average molecular weight is 477 g/mol. The van der Waals surface area contributed by atoms with Crippen LogP contribution in [0.2, 0.25) is 0 Å². The van der Waals surface area contributed by atoms with Gasteiger partial charge in [0.1, 0.15) is 15.8 Å². The molecular formula is C22H25FN4O3S2. The van der Waals surface area contributed by atoms with E-state index in [4.69, 9.17) is 0 Å². The van der Waals surface area contributed by atoms with Gasteiger partial charge < -0.3 is 20.6 Å². The number of amides is 2. The molecule has 2 aromatic heterocycles. The lowest BCUT2D eigenvalue weighted by Crippen LogP contribution is -2.34. The molecule has 0 fully saturated rings. The molecule has 0 saturated heterocycles. The highest BCUT2D eigenvalue weighted by molar-refractivity contribution is 7.22. The number of thiazole rings is 1. The number of nitrogens with one attached hydrogen (secondary N) is 2. The Kier molecular flexibility index (Phi) is 6.73. The third kappa shape index (κ3) is 4.77. The van der Waals surface area contributed by atoms with Crippen molar-refractivity contribution in [2.24, 2.45) is 0 Å². The number of hydrogen-bond donors (Lipinski definition) is 3. The lowest BCUT2D eigenvalue weighted by atomic mass is 10.0. The van der Waals surface area contributed by atoms with E-state index in [9.17, 15) is 19.1 Å². The van der Waals surface area contributed by atoms with Crippen molar-refractivity contribution in [3.05, 3.63) is 34.5 Å². The summed E-state index contributed by atoms with van der Waals surface area (Å²) >= 11 is 2.84. The minimum atomic E-state index is -0.956. The van der Waals surface area contributed by atoms with Crippen molar-refractivity contribution in [3.8, 4) is 10.6 Å². The second-order valence-electron chi connectivity index (χ2n) is 7.85. The van der Waals surface area contributed by atoms with Gasteiger partial charge in [0.15, 0.2) is 0 Å². The summed E-state index contributed by atoms with van der Waals surface area (Å²) in [5, 5.41) is 17.1. The summed E-state index contributed by atoms with van der Waals surface area (Å²) in [5.41, 5.74) is 2.42. The van der Waals surface area contributed by atoms with Crippen LogP contribution in [0, 0.1) is 5.82 Å². The summed E-state index contributed by atoms with van der Waals surface area (Å²) in [6, 6.07) is 4.86. The SMILES string of the molecule is CCC(C)NCCC(=O)Nc1sc2c(c1-c1nc3cc(F)ccc3s1)CCN(C(=O)O)C2. The number of nitrogens with zero attached hydrogens (tertiary/aromatic N) is 2. The Bertz CT molecular complexity index is 1160. The van der Waals surface area contributed by atoms with E-state index in [1.807, 2.05) is 0 Å². The number of thiophene rings is 1. The molecule has 32 heavy (non-hydrogen) atoms. The van der Waals surface area contributed by atoms with Crippen molar-refractivity contribution >= 4 is 49.9 Å². The molecular weight excluding hydrogens is 451 g/mol. The highest BCUT2D eigenvalue weighted by atomic mass is 32.1. The highest BCUT2D eigenvalue weighted by Gasteiger charge is 2.29. The summed E-state index contributed by atoms with van der Waals surface area (Å²) in [4.78, 5) is 31.0. The van der Waals surface area contributed by atoms with Crippen molar-refractivity contribution < 1.29 is 19.1 Å². The summed E-state index contributed by atoms with van der Waals surface area (Å²) in [7, 11) is 0. The van der Waals surface area contributed by atoms with Gasteiger partial charge in [-0.3, -0.25) is 4.79 Å². The van der Waals surface area contributed by atoms with Crippen LogP contribution in [0.3, 0.4) is 0 Å². The predicted molar refractivity (Wildman–Crippen MR) is 126 cm³/mol. The standard InChI is InChI=1S/C22H25FN4O3S2/c1-3-12(2)24-8-6-18(28)26-21-19(14-7-9-27(22(29)30)11-17(14)32-21)20-25-15-10-13(23)4-5-16(15)31-20/h4-5,10,12,24H,3,6-9,11H2,1-2H3,(H,26,28)(H,29,30). The van der Waals surface area contributed by atoms with Gasteiger partial charge in [0, 0.05) is 42.1 Å². The Morgan fingerprint density at radius 1 is 1.34 bits per heavy atom. The highest BCUT2D eigenvalue weighted by Crippen LogP contribution is 2.45. The van der Waals surface area contributed by atoms with Crippen LogP contribution in [0.1, 0.15) is 37.1 Å². The van der Waals surface area contributed by atoms with Crippen molar-refractivity contribution in [2.45, 2.75) is 45.7 Å². The molecule has 0 aliphatic carbocycles. The topological polar surface area (TPSA) is 94.6 Å². The van der Waals surface area contributed by atoms with E-state index in [0.717, 1.165) is 27.1 Å². The molecule has 1 aliphatic rings. The molecule has 170 valence electrons. The van der Waals surface area contributed by atoms with Gasteiger partial charge in [0.05, 0.1) is 16.8 Å². The minimum Gasteiger partial charge on any atom is -0.465 e. The van der Waals surface area contributed by atoms with E-state index in [0.29, 0.717) is 47.5 Å². The zero-order chi connectivity index (χ0) is 22.8. The zero-order valence-electron chi connectivity index (χ0n) is 17.9. The molecule has 1 aromatic carbocycles. The van der Waals surface area contributed by atoms with Gasteiger partial charge in [-0.25, -0.2) is 14.2 Å². The van der Waals surface area contributed by atoms with Gasteiger partial charge in [0.2, 0.25) is 5.91 Å². The second-order valence-corrected chi connectivity index (χ2v) is 9.99. The first-order valence-electron chi connectivity index (χ1n) is 10.6. The molecule has 1 unspecified atom stereocenters. The quantitative estimate of drug-likeness (QED) is 0.450. The number of fused-ring (bicyclic) bond motifs is 2. The van der Waals surface area contributed by atoms with E-state index in [1.165, 1.54) is 39.7 Å². The number of carbonyl (C=O) groups excluding carboxylic acids is 1. The number of halogens is 1. The van der Waals surface area contributed by atoms with Gasteiger partial charge >= 0.3 is 6.09 Å². The smallest absolute Gasteiger partial charge is 0.407 e. The Morgan fingerprint density at radius 2 is 2.16 bits per heavy atom. The van der Waals surface area contributed by atoms with Crippen molar-refractivity contribution in [3.63, 3.8) is 0 Å². The maximum absolute atomic E-state index is 13.7. The van der Waals surface area contributed by atoms with E-state index in [-0.39, 0.29) is 18.3 Å². The van der Waals surface area contributed by atoms with Crippen LogP contribution < -0.4 is 10.6 Å². The molecule has 3 N–H and O–H groups in total. The number of rotatable bonds is 7. The third-order valence-electron chi connectivity index (χ3n) is 5.60. The maximum Gasteiger partial charge on any atom is 0.407 e. The van der Waals surface area contributed by atoms with Crippen molar-refractivity contribution in [1.82, 2.24) is 15.2 Å². The largest absolute Gasteiger partial charge is 0.465 e. The fraction of sp³-hybridized carbons (Fsp3) is 0.409. The van der Waals surface area contributed by atoms with Crippen LogP contribution in [0.15, 0.2) is 18.2 Å². The number of carboxylic acid groups (broad SMARTS) is 1. The van der Waals surface area contributed by atoms with Crippen LogP contribution in [-0.4, -0.2) is 46.1 Å².